The van der Waals surface area contributed by atoms with Gasteiger partial charge in [0.1, 0.15) is 11.3 Å². The molecule has 0 bridgehead atoms. The minimum atomic E-state index is -0.602. The van der Waals surface area contributed by atoms with Gasteiger partial charge in [0.05, 0.1) is 24.5 Å². The lowest BCUT2D eigenvalue weighted by atomic mass is 10.0. The molecule has 0 N–H and O–H groups in total. The number of esters is 2. The van der Waals surface area contributed by atoms with Gasteiger partial charge in [-0.3, -0.25) is 9.59 Å². The van der Waals surface area contributed by atoms with Gasteiger partial charge >= 0.3 is 17.6 Å². The van der Waals surface area contributed by atoms with Crippen LogP contribution in [0.25, 0.3) is 11.0 Å². The lowest BCUT2D eigenvalue weighted by Gasteiger charge is -2.11. The third-order valence-electron chi connectivity index (χ3n) is 3.29. The van der Waals surface area contributed by atoms with Crippen molar-refractivity contribution < 1.29 is 23.5 Å². The molecule has 0 amide bonds. The molecule has 0 aliphatic heterocycles. The lowest BCUT2D eigenvalue weighted by molar-refractivity contribution is -0.139. The molecule has 0 unspecified atom stereocenters. The summed E-state index contributed by atoms with van der Waals surface area (Å²) in [5.74, 6) is -0.724. The van der Waals surface area contributed by atoms with Crippen molar-refractivity contribution in [2.24, 2.45) is 0 Å². The first-order chi connectivity index (χ1) is 10.3. The van der Waals surface area contributed by atoms with E-state index in [0.29, 0.717) is 22.3 Å². The molecular formula is C16H16O6. The van der Waals surface area contributed by atoms with Crippen molar-refractivity contribution in [3.63, 3.8) is 0 Å². The van der Waals surface area contributed by atoms with E-state index in [-0.39, 0.29) is 12.0 Å². The van der Waals surface area contributed by atoms with E-state index in [0.717, 1.165) is 5.56 Å². The van der Waals surface area contributed by atoms with Gasteiger partial charge in [0.2, 0.25) is 0 Å². The number of fused-ring (bicyclic) bond motifs is 1. The van der Waals surface area contributed by atoms with Crippen LogP contribution in [0.15, 0.2) is 21.3 Å². The van der Waals surface area contributed by atoms with Crippen LogP contribution in [0.4, 0.5) is 0 Å². The number of hydrogen-bond acceptors (Lipinski definition) is 6. The molecule has 2 rings (SSSR count). The first kappa shape index (κ1) is 15.8. The fraction of sp³-hybridized carbons (Fsp3) is 0.312. The Kier molecular flexibility index (Phi) is 4.30. The van der Waals surface area contributed by atoms with Gasteiger partial charge in [0.25, 0.3) is 0 Å². The van der Waals surface area contributed by atoms with Crippen LogP contribution in [-0.2, 0) is 20.7 Å². The first-order valence-corrected chi connectivity index (χ1v) is 6.65. The average molecular weight is 304 g/mol. The zero-order valence-corrected chi connectivity index (χ0v) is 12.8. The van der Waals surface area contributed by atoms with E-state index >= 15 is 0 Å². The molecule has 0 aliphatic rings. The average Bonchev–Trinajstić information content (AvgIpc) is 2.41. The van der Waals surface area contributed by atoms with Crippen LogP contribution in [0.1, 0.15) is 23.6 Å². The third-order valence-corrected chi connectivity index (χ3v) is 3.29. The zero-order chi connectivity index (χ0) is 16.4. The Balaban J connectivity index is 2.76. The molecule has 0 atom stereocenters. The van der Waals surface area contributed by atoms with Crippen molar-refractivity contribution >= 4 is 22.9 Å². The van der Waals surface area contributed by atoms with Crippen LogP contribution < -0.4 is 10.4 Å². The molecule has 0 radical (unpaired) electrons. The molecule has 0 fully saturated rings. The maximum atomic E-state index is 12.1. The normalized spacial score (nSPS) is 10.5. The summed E-state index contributed by atoms with van der Waals surface area (Å²) in [7, 11) is 1.24. The summed E-state index contributed by atoms with van der Waals surface area (Å²) in [4.78, 5) is 34.8. The summed E-state index contributed by atoms with van der Waals surface area (Å²) in [5.41, 5.74) is 1.22. The van der Waals surface area contributed by atoms with Crippen LogP contribution in [0.3, 0.4) is 0 Å². The smallest absolute Gasteiger partial charge is 0.340 e. The van der Waals surface area contributed by atoms with E-state index in [2.05, 4.69) is 4.74 Å². The first-order valence-electron chi connectivity index (χ1n) is 6.65. The van der Waals surface area contributed by atoms with Crippen LogP contribution >= 0.6 is 0 Å². The van der Waals surface area contributed by atoms with Gasteiger partial charge in [0.15, 0.2) is 0 Å². The van der Waals surface area contributed by atoms with E-state index in [9.17, 15) is 14.4 Å². The fourth-order valence-corrected chi connectivity index (χ4v) is 2.29. The Morgan fingerprint density at radius 1 is 1.23 bits per heavy atom. The highest BCUT2D eigenvalue weighted by atomic mass is 16.5. The molecule has 1 aromatic heterocycles. The van der Waals surface area contributed by atoms with Gasteiger partial charge < -0.3 is 13.9 Å². The van der Waals surface area contributed by atoms with Crippen molar-refractivity contribution in [2.75, 3.05) is 7.11 Å². The van der Waals surface area contributed by atoms with Gasteiger partial charge in [-0.05, 0) is 37.1 Å². The molecule has 6 heteroatoms. The molecule has 0 saturated carbocycles. The maximum Gasteiger partial charge on any atom is 0.340 e. The summed E-state index contributed by atoms with van der Waals surface area (Å²) in [6.07, 6.45) is -0.200. The fourth-order valence-electron chi connectivity index (χ4n) is 2.29. The van der Waals surface area contributed by atoms with E-state index < -0.39 is 17.6 Å². The van der Waals surface area contributed by atoms with Gasteiger partial charge in [0, 0.05) is 6.92 Å². The molecule has 0 spiro atoms. The van der Waals surface area contributed by atoms with E-state index in [1.54, 1.807) is 26.0 Å². The highest BCUT2D eigenvalue weighted by Crippen LogP contribution is 2.31. The molecule has 1 aromatic carbocycles. The number of methoxy groups -OCH3 is 1. The summed E-state index contributed by atoms with van der Waals surface area (Å²) in [6.45, 7) is 4.77. The molecule has 0 saturated heterocycles. The quantitative estimate of drug-likeness (QED) is 0.490. The van der Waals surface area contributed by atoms with Gasteiger partial charge in [-0.25, -0.2) is 4.79 Å². The Labute approximate surface area is 126 Å². The Hall–Kier alpha value is -2.63. The third kappa shape index (κ3) is 3.00. The second kappa shape index (κ2) is 6.01. The predicted octanol–water partition coefficient (Wildman–Crippen LogP) is 2.05. The highest BCUT2D eigenvalue weighted by molar-refractivity contribution is 5.91. The number of rotatable bonds is 3. The second-order valence-corrected chi connectivity index (χ2v) is 4.98. The van der Waals surface area contributed by atoms with Crippen molar-refractivity contribution in [3.8, 4) is 5.75 Å². The van der Waals surface area contributed by atoms with Gasteiger partial charge in [-0.15, -0.1) is 0 Å². The Bertz CT molecular complexity index is 815. The summed E-state index contributed by atoms with van der Waals surface area (Å²) in [5, 5.41) is 0.499. The maximum absolute atomic E-state index is 12.1. The predicted molar refractivity (Wildman–Crippen MR) is 79.0 cm³/mol. The largest absolute Gasteiger partial charge is 0.469 e. The molecule has 116 valence electrons. The molecule has 0 aliphatic carbocycles. The van der Waals surface area contributed by atoms with Crippen molar-refractivity contribution in [2.45, 2.75) is 27.2 Å². The van der Waals surface area contributed by atoms with Crippen molar-refractivity contribution in [3.05, 3.63) is 39.2 Å². The monoisotopic (exact) mass is 304 g/mol. The van der Waals surface area contributed by atoms with Crippen LogP contribution in [0.2, 0.25) is 0 Å². The minimum Gasteiger partial charge on any atom is -0.469 e. The van der Waals surface area contributed by atoms with E-state index in [4.69, 9.17) is 9.15 Å². The molecule has 1 heterocycles. The SMILES string of the molecule is COC(=O)Cc1c(C)c2c(OC(C)=O)cc(C)cc2oc1=O. The number of aryl methyl sites for hydroxylation is 2. The Morgan fingerprint density at radius 2 is 1.91 bits per heavy atom. The molecule has 22 heavy (non-hydrogen) atoms. The number of carbonyl (C=O) groups is 2. The number of benzene rings is 1. The topological polar surface area (TPSA) is 82.8 Å². The lowest BCUT2D eigenvalue weighted by Crippen LogP contribution is -2.16. The summed E-state index contributed by atoms with van der Waals surface area (Å²) in [6, 6.07) is 3.36. The summed E-state index contributed by atoms with van der Waals surface area (Å²) >= 11 is 0. The number of ether oxygens (including phenoxy) is 2. The van der Waals surface area contributed by atoms with Crippen LogP contribution in [-0.4, -0.2) is 19.0 Å². The van der Waals surface area contributed by atoms with E-state index in [1.165, 1.54) is 14.0 Å². The summed E-state index contributed by atoms with van der Waals surface area (Å²) < 4.78 is 15.1. The van der Waals surface area contributed by atoms with Crippen molar-refractivity contribution in [1.82, 2.24) is 0 Å². The number of carbonyl (C=O) groups excluding carboxylic acids is 2. The van der Waals surface area contributed by atoms with Crippen LogP contribution in [0, 0.1) is 13.8 Å². The molecule has 2 aromatic rings. The zero-order valence-electron chi connectivity index (χ0n) is 12.8. The highest BCUT2D eigenvalue weighted by Gasteiger charge is 2.19. The van der Waals surface area contributed by atoms with Gasteiger partial charge in [-0.2, -0.15) is 0 Å². The second-order valence-electron chi connectivity index (χ2n) is 4.98. The van der Waals surface area contributed by atoms with Crippen LogP contribution in [0.5, 0.6) is 5.75 Å². The number of hydrogen-bond donors (Lipinski definition) is 0. The molecular weight excluding hydrogens is 288 g/mol. The Morgan fingerprint density at radius 3 is 2.50 bits per heavy atom. The molecule has 6 nitrogen and oxygen atoms in total. The van der Waals surface area contributed by atoms with Crippen molar-refractivity contribution in [1.29, 1.82) is 0 Å². The minimum absolute atomic E-state index is 0.191. The van der Waals surface area contributed by atoms with Gasteiger partial charge in [-0.1, -0.05) is 0 Å². The van der Waals surface area contributed by atoms with E-state index in [1.807, 2.05) is 0 Å². The standard InChI is InChI=1S/C16H16O6/c1-8-5-12(21-10(3)17)15-9(2)11(7-14(18)20-4)16(19)22-13(15)6-8/h5-6H,7H2,1-4H3.